The number of carbonyl (C=O) groups is 2. The molecule has 0 aliphatic rings. The third kappa shape index (κ3) is 7.59. The number of quaternary nitrogens is 1. The standard InChI is InChI=1S/C10H16N.C9H16O4/c1-11(2,3)9-10-7-5-4-6-8-10;1-4-9(7(10)11,8(12)13)5-6(2)3/h4-8H,9H2,1-3H3;6H,4-5H2,1-3H3,(H,10,11)(H,12,13)/q+1;/p-1. The number of rotatable bonds is 7. The predicted molar refractivity (Wildman–Crippen MR) is 93.0 cm³/mol. The van der Waals surface area contributed by atoms with Crippen molar-refractivity contribution < 1.29 is 24.3 Å². The highest BCUT2D eigenvalue weighted by molar-refractivity contribution is 5.97. The molecule has 5 nitrogen and oxygen atoms in total. The summed E-state index contributed by atoms with van der Waals surface area (Å²) in [4.78, 5) is 21.5. The van der Waals surface area contributed by atoms with Crippen molar-refractivity contribution in [3.63, 3.8) is 0 Å². The van der Waals surface area contributed by atoms with Crippen molar-refractivity contribution in [1.82, 2.24) is 0 Å². The van der Waals surface area contributed by atoms with Crippen LogP contribution < -0.4 is 5.11 Å². The fraction of sp³-hybridized carbons (Fsp3) is 0.579. The van der Waals surface area contributed by atoms with Crippen molar-refractivity contribution in [3.05, 3.63) is 35.9 Å². The molecule has 0 saturated carbocycles. The lowest BCUT2D eigenvalue weighted by Crippen LogP contribution is -2.48. The summed E-state index contributed by atoms with van der Waals surface area (Å²) in [7, 11) is 6.60. The van der Waals surface area contributed by atoms with Crippen molar-refractivity contribution in [3.8, 4) is 0 Å². The number of carboxylic acids is 2. The SMILES string of the molecule is CCC(CC(C)C)(C(=O)[O-])C(=O)O.C[N+](C)(C)Cc1ccccc1. The first kappa shape index (κ1) is 22.1. The molecule has 0 radical (unpaired) electrons. The molecule has 0 aromatic heterocycles. The van der Waals surface area contributed by atoms with E-state index in [4.69, 9.17) is 5.11 Å². The Hall–Kier alpha value is -1.88. The van der Waals surface area contributed by atoms with Gasteiger partial charge in [-0.2, -0.15) is 0 Å². The van der Waals surface area contributed by atoms with Crippen LogP contribution in [0.4, 0.5) is 0 Å². The van der Waals surface area contributed by atoms with E-state index in [2.05, 4.69) is 51.5 Å². The van der Waals surface area contributed by atoms with Crippen LogP contribution in [0.25, 0.3) is 0 Å². The summed E-state index contributed by atoms with van der Waals surface area (Å²) in [6, 6.07) is 10.6. The molecule has 1 aromatic rings. The Morgan fingerprint density at radius 1 is 1.17 bits per heavy atom. The lowest BCUT2D eigenvalue weighted by molar-refractivity contribution is -0.884. The summed E-state index contributed by atoms with van der Waals surface area (Å²) in [5.41, 5.74) is -0.311. The summed E-state index contributed by atoms with van der Waals surface area (Å²) in [5.74, 6) is -2.77. The van der Waals surface area contributed by atoms with Crippen molar-refractivity contribution in [2.45, 2.75) is 40.2 Å². The van der Waals surface area contributed by atoms with Gasteiger partial charge in [-0.25, -0.2) is 0 Å². The molecule has 1 aromatic carbocycles. The van der Waals surface area contributed by atoms with E-state index in [9.17, 15) is 14.7 Å². The molecule has 1 N–H and O–H groups in total. The Morgan fingerprint density at radius 2 is 1.67 bits per heavy atom. The average Bonchev–Trinajstić information content (AvgIpc) is 2.43. The van der Waals surface area contributed by atoms with Gasteiger partial charge in [0.1, 0.15) is 12.0 Å². The third-order valence-corrected chi connectivity index (χ3v) is 3.66. The molecule has 24 heavy (non-hydrogen) atoms. The smallest absolute Gasteiger partial charge is 0.315 e. The first-order valence-electron chi connectivity index (χ1n) is 8.24. The van der Waals surface area contributed by atoms with Gasteiger partial charge in [-0.05, 0) is 18.8 Å². The second-order valence-electron chi connectivity index (χ2n) is 7.56. The molecule has 0 aliphatic carbocycles. The largest absolute Gasteiger partial charge is 0.549 e. The fourth-order valence-electron chi connectivity index (χ4n) is 2.53. The molecule has 0 amide bonds. The minimum Gasteiger partial charge on any atom is -0.549 e. The third-order valence-electron chi connectivity index (χ3n) is 3.66. The van der Waals surface area contributed by atoms with E-state index in [-0.39, 0.29) is 18.8 Å². The maximum Gasteiger partial charge on any atom is 0.315 e. The first-order chi connectivity index (χ1) is 10.9. The molecule has 1 atom stereocenters. The summed E-state index contributed by atoms with van der Waals surface area (Å²) in [5, 5.41) is 19.6. The molecule has 0 spiro atoms. The molecule has 5 heteroatoms. The van der Waals surface area contributed by atoms with Crippen molar-refractivity contribution >= 4 is 11.9 Å². The Balaban J connectivity index is 0.000000446. The van der Waals surface area contributed by atoms with Gasteiger partial charge in [0, 0.05) is 5.56 Å². The van der Waals surface area contributed by atoms with Gasteiger partial charge in [0.25, 0.3) is 0 Å². The molecule has 1 rings (SSSR count). The van der Waals surface area contributed by atoms with Crippen LogP contribution in [0.3, 0.4) is 0 Å². The normalized spacial score (nSPS) is 13.6. The molecule has 0 bridgehead atoms. The molecule has 1 unspecified atom stereocenters. The first-order valence-corrected chi connectivity index (χ1v) is 8.24. The van der Waals surface area contributed by atoms with Crippen LogP contribution in [-0.2, 0) is 16.1 Å². The zero-order valence-electron chi connectivity index (χ0n) is 15.7. The van der Waals surface area contributed by atoms with Crippen LogP contribution in [0, 0.1) is 11.3 Å². The Kier molecular flexibility index (Phi) is 8.69. The minimum atomic E-state index is -1.71. The van der Waals surface area contributed by atoms with Gasteiger partial charge in [-0.15, -0.1) is 0 Å². The average molecular weight is 337 g/mol. The summed E-state index contributed by atoms with van der Waals surface area (Å²) in [6.07, 6.45) is 0.171. The van der Waals surface area contributed by atoms with E-state index in [1.807, 2.05) is 0 Å². The van der Waals surface area contributed by atoms with Crippen molar-refractivity contribution in [1.29, 1.82) is 0 Å². The van der Waals surface area contributed by atoms with E-state index in [0.29, 0.717) is 0 Å². The number of carboxylic acid groups (broad SMARTS) is 2. The molecular formula is C19H31NO4. The summed E-state index contributed by atoms with van der Waals surface area (Å²) >= 11 is 0. The molecule has 0 saturated heterocycles. The van der Waals surface area contributed by atoms with Crippen LogP contribution >= 0.6 is 0 Å². The number of benzene rings is 1. The van der Waals surface area contributed by atoms with E-state index >= 15 is 0 Å². The highest BCUT2D eigenvalue weighted by Gasteiger charge is 2.38. The molecular weight excluding hydrogens is 306 g/mol. The lowest BCUT2D eigenvalue weighted by atomic mass is 9.78. The Morgan fingerprint density at radius 3 is 1.92 bits per heavy atom. The highest BCUT2D eigenvalue weighted by Crippen LogP contribution is 2.30. The van der Waals surface area contributed by atoms with Gasteiger partial charge < -0.3 is 19.5 Å². The quantitative estimate of drug-likeness (QED) is 0.611. The number of hydrogen-bond acceptors (Lipinski definition) is 3. The summed E-state index contributed by atoms with van der Waals surface area (Å²) < 4.78 is 0.990. The highest BCUT2D eigenvalue weighted by atomic mass is 16.4. The van der Waals surface area contributed by atoms with E-state index in [1.165, 1.54) is 5.56 Å². The maximum atomic E-state index is 10.8. The van der Waals surface area contributed by atoms with Crippen LogP contribution in [0.2, 0.25) is 0 Å². The number of carbonyl (C=O) groups excluding carboxylic acids is 1. The number of aliphatic carboxylic acids is 2. The van der Waals surface area contributed by atoms with Crippen LogP contribution in [0.15, 0.2) is 30.3 Å². The number of nitrogens with zero attached hydrogens (tertiary/aromatic N) is 1. The van der Waals surface area contributed by atoms with Crippen LogP contribution in [0.5, 0.6) is 0 Å². The fourth-order valence-corrected chi connectivity index (χ4v) is 2.53. The van der Waals surface area contributed by atoms with Gasteiger partial charge in [-0.1, -0.05) is 51.1 Å². The van der Waals surface area contributed by atoms with Gasteiger partial charge in [0.05, 0.1) is 27.1 Å². The molecule has 136 valence electrons. The maximum absolute atomic E-state index is 10.8. The number of hydrogen-bond donors (Lipinski definition) is 1. The topological polar surface area (TPSA) is 77.4 Å². The van der Waals surface area contributed by atoms with E-state index in [1.54, 1.807) is 20.8 Å². The van der Waals surface area contributed by atoms with E-state index in [0.717, 1.165) is 11.0 Å². The predicted octanol–water partition coefficient (Wildman–Crippen LogP) is 2.16. The molecule has 0 fully saturated rings. The Bertz CT molecular complexity index is 504. The second-order valence-corrected chi connectivity index (χ2v) is 7.56. The zero-order chi connectivity index (χ0) is 19.0. The van der Waals surface area contributed by atoms with E-state index < -0.39 is 17.4 Å². The Labute approximate surface area is 145 Å². The monoisotopic (exact) mass is 337 g/mol. The van der Waals surface area contributed by atoms with Crippen molar-refractivity contribution in [2.24, 2.45) is 11.3 Å². The van der Waals surface area contributed by atoms with Crippen LogP contribution in [-0.4, -0.2) is 42.7 Å². The minimum absolute atomic E-state index is 0.0222. The second kappa shape index (κ2) is 9.42. The van der Waals surface area contributed by atoms with Crippen LogP contribution in [0.1, 0.15) is 39.2 Å². The van der Waals surface area contributed by atoms with Crippen molar-refractivity contribution in [2.75, 3.05) is 21.1 Å². The van der Waals surface area contributed by atoms with Gasteiger partial charge in [0.2, 0.25) is 0 Å². The van der Waals surface area contributed by atoms with Gasteiger partial charge >= 0.3 is 5.97 Å². The summed E-state index contributed by atoms with van der Waals surface area (Å²) in [6.45, 7) is 6.22. The van der Waals surface area contributed by atoms with Gasteiger partial charge in [0.15, 0.2) is 0 Å². The molecule has 0 aliphatic heterocycles. The molecule has 0 heterocycles. The zero-order valence-corrected chi connectivity index (χ0v) is 15.7. The van der Waals surface area contributed by atoms with Gasteiger partial charge in [-0.3, -0.25) is 4.79 Å². The lowest BCUT2D eigenvalue weighted by Gasteiger charge is -2.30.